The number of amides is 1. The Labute approximate surface area is 101 Å². The van der Waals surface area contributed by atoms with Crippen LogP contribution in [0.5, 0.6) is 5.75 Å². The molecule has 90 valence electrons. The highest BCUT2D eigenvalue weighted by atomic mass is 16.5. The van der Waals surface area contributed by atoms with Crippen molar-refractivity contribution in [1.82, 2.24) is 0 Å². The minimum atomic E-state index is 0.159. The summed E-state index contributed by atoms with van der Waals surface area (Å²) in [7, 11) is 0. The molecule has 1 aromatic carbocycles. The molecule has 1 aromatic rings. The molecule has 3 heteroatoms. The summed E-state index contributed by atoms with van der Waals surface area (Å²) in [6, 6.07) is 5.97. The molecule has 0 aromatic heterocycles. The molecule has 1 aliphatic carbocycles. The summed E-state index contributed by atoms with van der Waals surface area (Å²) < 4.78 is 5.58. The maximum absolute atomic E-state index is 12.0. The van der Waals surface area contributed by atoms with E-state index in [9.17, 15) is 4.79 Å². The number of hydrogen-bond donors (Lipinski definition) is 1. The van der Waals surface area contributed by atoms with E-state index in [2.05, 4.69) is 11.4 Å². The predicted molar refractivity (Wildman–Crippen MR) is 66.2 cm³/mol. The minimum Gasteiger partial charge on any atom is -0.491 e. The van der Waals surface area contributed by atoms with Crippen molar-refractivity contribution >= 4 is 11.6 Å². The van der Waals surface area contributed by atoms with Gasteiger partial charge in [0.2, 0.25) is 5.91 Å². The Bertz CT molecular complexity index is 436. The Morgan fingerprint density at radius 2 is 2.12 bits per heavy atom. The van der Waals surface area contributed by atoms with Crippen molar-refractivity contribution in [3.63, 3.8) is 0 Å². The van der Waals surface area contributed by atoms with Gasteiger partial charge in [-0.3, -0.25) is 4.79 Å². The normalized spacial score (nSPS) is 18.8. The third-order valence-electron chi connectivity index (χ3n) is 3.70. The number of ether oxygens (including phenoxy) is 1. The Morgan fingerprint density at radius 3 is 2.94 bits per heavy atom. The summed E-state index contributed by atoms with van der Waals surface area (Å²) >= 11 is 0. The van der Waals surface area contributed by atoms with E-state index >= 15 is 0 Å². The van der Waals surface area contributed by atoms with Gasteiger partial charge in [-0.25, -0.2) is 0 Å². The van der Waals surface area contributed by atoms with Crippen molar-refractivity contribution in [2.75, 3.05) is 11.9 Å². The molecule has 1 amide bonds. The van der Waals surface area contributed by atoms with Gasteiger partial charge in [-0.15, -0.1) is 0 Å². The lowest BCUT2D eigenvalue weighted by atomic mass is 10.1. The highest BCUT2D eigenvalue weighted by Crippen LogP contribution is 2.34. The second-order valence-electron chi connectivity index (χ2n) is 4.86. The number of carbonyl (C=O) groups is 1. The number of rotatable bonds is 2. The zero-order valence-electron chi connectivity index (χ0n) is 9.87. The molecule has 17 heavy (non-hydrogen) atoms. The number of hydrogen-bond acceptors (Lipinski definition) is 2. The van der Waals surface area contributed by atoms with Gasteiger partial charge < -0.3 is 10.1 Å². The highest BCUT2D eigenvalue weighted by Gasteiger charge is 2.24. The maximum Gasteiger partial charge on any atom is 0.227 e. The smallest absolute Gasteiger partial charge is 0.227 e. The van der Waals surface area contributed by atoms with E-state index in [1.54, 1.807) is 0 Å². The van der Waals surface area contributed by atoms with E-state index in [4.69, 9.17) is 4.74 Å². The number of anilines is 1. The van der Waals surface area contributed by atoms with Gasteiger partial charge in [0.25, 0.3) is 0 Å². The summed E-state index contributed by atoms with van der Waals surface area (Å²) in [4.78, 5) is 12.0. The molecule has 3 rings (SSSR count). The van der Waals surface area contributed by atoms with Gasteiger partial charge in [-0.2, -0.15) is 0 Å². The zero-order chi connectivity index (χ0) is 11.7. The second kappa shape index (κ2) is 4.40. The van der Waals surface area contributed by atoms with Crippen LogP contribution < -0.4 is 10.1 Å². The van der Waals surface area contributed by atoms with E-state index in [-0.39, 0.29) is 11.8 Å². The van der Waals surface area contributed by atoms with Crippen LogP contribution in [-0.2, 0) is 11.2 Å². The Hall–Kier alpha value is -1.51. The minimum absolute atomic E-state index is 0.159. The van der Waals surface area contributed by atoms with Crippen molar-refractivity contribution in [1.29, 1.82) is 0 Å². The molecule has 0 saturated heterocycles. The van der Waals surface area contributed by atoms with Crippen molar-refractivity contribution < 1.29 is 9.53 Å². The molecule has 3 nitrogen and oxygen atoms in total. The summed E-state index contributed by atoms with van der Waals surface area (Å²) in [5, 5.41) is 3.02. The van der Waals surface area contributed by atoms with Gasteiger partial charge in [0.1, 0.15) is 5.75 Å². The van der Waals surface area contributed by atoms with Crippen LogP contribution >= 0.6 is 0 Å². The van der Waals surface area contributed by atoms with Crippen molar-refractivity contribution in [2.24, 2.45) is 5.92 Å². The van der Waals surface area contributed by atoms with Gasteiger partial charge in [-0.05, 0) is 24.5 Å². The van der Waals surface area contributed by atoms with Gasteiger partial charge in [0, 0.05) is 12.3 Å². The average Bonchev–Trinajstić information content (AvgIpc) is 3.00. The molecule has 1 fully saturated rings. The van der Waals surface area contributed by atoms with Crippen molar-refractivity contribution in [3.05, 3.63) is 23.8 Å². The molecule has 0 atom stereocenters. The van der Waals surface area contributed by atoms with Gasteiger partial charge >= 0.3 is 0 Å². The molecular weight excluding hydrogens is 214 g/mol. The van der Waals surface area contributed by atoms with E-state index in [1.807, 2.05) is 12.1 Å². The van der Waals surface area contributed by atoms with Crippen LogP contribution in [0.3, 0.4) is 0 Å². The maximum atomic E-state index is 12.0. The number of nitrogens with one attached hydrogen (secondary N) is 1. The summed E-state index contributed by atoms with van der Waals surface area (Å²) in [5.41, 5.74) is 2.05. The highest BCUT2D eigenvalue weighted by molar-refractivity contribution is 5.94. The molecule has 1 heterocycles. The van der Waals surface area contributed by atoms with Crippen molar-refractivity contribution in [3.8, 4) is 5.75 Å². The number of benzene rings is 1. The van der Waals surface area contributed by atoms with Crippen LogP contribution in [0.2, 0.25) is 0 Å². The van der Waals surface area contributed by atoms with Gasteiger partial charge in [0.05, 0.1) is 12.3 Å². The van der Waals surface area contributed by atoms with E-state index < -0.39 is 0 Å². The van der Waals surface area contributed by atoms with Crippen LogP contribution in [0, 0.1) is 5.92 Å². The Morgan fingerprint density at radius 1 is 1.29 bits per heavy atom. The quantitative estimate of drug-likeness (QED) is 0.850. The fourth-order valence-corrected chi connectivity index (χ4v) is 2.74. The van der Waals surface area contributed by atoms with Crippen LogP contribution in [0.4, 0.5) is 5.69 Å². The summed E-state index contributed by atoms with van der Waals surface area (Å²) in [5.74, 6) is 1.23. The van der Waals surface area contributed by atoms with Crippen LogP contribution in [0.25, 0.3) is 0 Å². The first kappa shape index (κ1) is 10.6. The van der Waals surface area contributed by atoms with Gasteiger partial charge in [-0.1, -0.05) is 25.0 Å². The molecule has 2 aliphatic rings. The monoisotopic (exact) mass is 231 g/mol. The first-order chi connectivity index (χ1) is 8.34. The summed E-state index contributed by atoms with van der Waals surface area (Å²) in [6.45, 7) is 0.728. The molecule has 1 saturated carbocycles. The SMILES string of the molecule is O=C(Nc1cccc2c1OCC2)C1CCCC1. The lowest BCUT2D eigenvalue weighted by Gasteiger charge is -2.12. The standard InChI is InChI=1S/C14H17NO2/c16-14(11-4-1-2-5-11)15-12-7-3-6-10-8-9-17-13(10)12/h3,6-7,11H,1-2,4-5,8-9H2,(H,15,16). The average molecular weight is 231 g/mol. The van der Waals surface area contributed by atoms with Crippen LogP contribution in [-0.4, -0.2) is 12.5 Å². The fourth-order valence-electron chi connectivity index (χ4n) is 2.74. The van der Waals surface area contributed by atoms with E-state index in [1.165, 1.54) is 18.4 Å². The second-order valence-corrected chi connectivity index (χ2v) is 4.86. The largest absolute Gasteiger partial charge is 0.491 e. The first-order valence-electron chi connectivity index (χ1n) is 6.40. The number of para-hydroxylation sites is 1. The number of carbonyl (C=O) groups excluding carboxylic acids is 1. The third-order valence-corrected chi connectivity index (χ3v) is 3.70. The number of fused-ring (bicyclic) bond motifs is 1. The Balaban J connectivity index is 1.76. The van der Waals surface area contributed by atoms with E-state index in [0.717, 1.165) is 37.3 Å². The topological polar surface area (TPSA) is 38.3 Å². The first-order valence-corrected chi connectivity index (χ1v) is 6.40. The zero-order valence-corrected chi connectivity index (χ0v) is 9.87. The predicted octanol–water partition coefficient (Wildman–Crippen LogP) is 2.75. The Kier molecular flexibility index (Phi) is 2.75. The molecule has 1 N–H and O–H groups in total. The molecule has 0 radical (unpaired) electrons. The lowest BCUT2D eigenvalue weighted by molar-refractivity contribution is -0.119. The van der Waals surface area contributed by atoms with Crippen LogP contribution in [0.1, 0.15) is 31.2 Å². The van der Waals surface area contributed by atoms with E-state index in [0.29, 0.717) is 0 Å². The molecule has 0 bridgehead atoms. The molecular formula is C14H17NO2. The van der Waals surface area contributed by atoms with Crippen LogP contribution in [0.15, 0.2) is 18.2 Å². The molecule has 0 spiro atoms. The third kappa shape index (κ3) is 2.02. The summed E-state index contributed by atoms with van der Waals surface area (Å²) in [6.07, 6.45) is 5.37. The fraction of sp³-hybridized carbons (Fsp3) is 0.500. The van der Waals surface area contributed by atoms with Gasteiger partial charge in [0.15, 0.2) is 0 Å². The lowest BCUT2D eigenvalue weighted by Crippen LogP contribution is -2.20. The molecule has 0 unspecified atom stereocenters. The van der Waals surface area contributed by atoms with Crippen molar-refractivity contribution in [2.45, 2.75) is 32.1 Å². The molecule has 1 aliphatic heterocycles.